The number of rotatable bonds is 3. The van der Waals surface area contributed by atoms with Crippen molar-refractivity contribution < 1.29 is 9.18 Å². The van der Waals surface area contributed by atoms with Gasteiger partial charge in [-0.2, -0.15) is 0 Å². The maximum Gasteiger partial charge on any atom is 0.167 e. The largest absolute Gasteiger partial charge is 0.294 e. The Morgan fingerprint density at radius 2 is 1.74 bits per heavy atom. The highest BCUT2D eigenvalue weighted by Gasteiger charge is 2.13. The summed E-state index contributed by atoms with van der Waals surface area (Å²) in [6, 6.07) is 9.26. The minimum absolute atomic E-state index is 0.0342. The SMILES string of the molecule is Cc1ccc(Cl)cc1C(=O)Cc1cc(Cl)ccc1F. The summed E-state index contributed by atoms with van der Waals surface area (Å²) in [6.07, 6.45) is -0.0342. The lowest BCUT2D eigenvalue weighted by Gasteiger charge is -2.07. The quantitative estimate of drug-likeness (QED) is 0.739. The van der Waals surface area contributed by atoms with Crippen LogP contribution in [0.3, 0.4) is 0 Å². The Kier molecular flexibility index (Phi) is 4.23. The second kappa shape index (κ2) is 5.72. The van der Waals surface area contributed by atoms with Crippen LogP contribution in [0, 0.1) is 12.7 Å². The molecule has 19 heavy (non-hydrogen) atoms. The van der Waals surface area contributed by atoms with Crippen LogP contribution >= 0.6 is 23.2 Å². The standard InChI is InChI=1S/C15H11Cl2FO/c1-9-2-3-12(17)8-13(9)15(19)7-10-6-11(16)4-5-14(10)18/h2-6,8H,7H2,1H3. The van der Waals surface area contributed by atoms with Crippen molar-refractivity contribution in [2.24, 2.45) is 0 Å². The van der Waals surface area contributed by atoms with E-state index >= 15 is 0 Å². The summed E-state index contributed by atoms with van der Waals surface area (Å²) in [7, 11) is 0. The van der Waals surface area contributed by atoms with Gasteiger partial charge in [0.2, 0.25) is 0 Å². The fourth-order valence-corrected chi connectivity index (χ4v) is 2.21. The van der Waals surface area contributed by atoms with Crippen LogP contribution < -0.4 is 0 Å². The van der Waals surface area contributed by atoms with Gasteiger partial charge in [0.1, 0.15) is 5.82 Å². The average Bonchev–Trinajstić information content (AvgIpc) is 2.36. The Balaban J connectivity index is 2.30. The predicted molar refractivity (Wildman–Crippen MR) is 75.6 cm³/mol. The lowest BCUT2D eigenvalue weighted by Crippen LogP contribution is -2.07. The smallest absolute Gasteiger partial charge is 0.167 e. The molecule has 0 N–H and O–H groups in total. The van der Waals surface area contributed by atoms with E-state index in [1.165, 1.54) is 18.2 Å². The molecule has 0 aromatic heterocycles. The van der Waals surface area contributed by atoms with Gasteiger partial charge in [-0.05, 0) is 48.4 Å². The van der Waals surface area contributed by atoms with Gasteiger partial charge in [0, 0.05) is 22.0 Å². The molecule has 0 saturated carbocycles. The van der Waals surface area contributed by atoms with E-state index < -0.39 is 5.82 Å². The van der Waals surface area contributed by atoms with Crippen molar-refractivity contribution in [2.75, 3.05) is 0 Å². The number of hydrogen-bond acceptors (Lipinski definition) is 1. The second-order valence-corrected chi connectivity index (χ2v) is 5.17. The first-order valence-electron chi connectivity index (χ1n) is 5.70. The Labute approximate surface area is 121 Å². The van der Waals surface area contributed by atoms with E-state index in [0.717, 1.165) is 5.56 Å². The molecule has 0 atom stereocenters. The van der Waals surface area contributed by atoms with Crippen LogP contribution in [0.15, 0.2) is 36.4 Å². The van der Waals surface area contributed by atoms with Gasteiger partial charge in [0.15, 0.2) is 5.78 Å². The molecular formula is C15H11Cl2FO. The van der Waals surface area contributed by atoms with Gasteiger partial charge in [-0.25, -0.2) is 4.39 Å². The fourth-order valence-electron chi connectivity index (χ4n) is 1.84. The van der Waals surface area contributed by atoms with Crippen molar-refractivity contribution >= 4 is 29.0 Å². The monoisotopic (exact) mass is 296 g/mol. The first kappa shape index (κ1) is 14.0. The Hall–Kier alpha value is -1.38. The Morgan fingerprint density at radius 1 is 1.11 bits per heavy atom. The second-order valence-electron chi connectivity index (χ2n) is 4.29. The van der Waals surface area contributed by atoms with Crippen molar-refractivity contribution in [1.29, 1.82) is 0 Å². The van der Waals surface area contributed by atoms with Gasteiger partial charge in [-0.15, -0.1) is 0 Å². The van der Waals surface area contributed by atoms with Crippen LogP contribution in [0.4, 0.5) is 4.39 Å². The van der Waals surface area contributed by atoms with Gasteiger partial charge in [-0.1, -0.05) is 29.3 Å². The normalized spacial score (nSPS) is 10.5. The van der Waals surface area contributed by atoms with Gasteiger partial charge < -0.3 is 0 Å². The fraction of sp³-hybridized carbons (Fsp3) is 0.133. The van der Waals surface area contributed by atoms with Crippen LogP contribution in [-0.2, 0) is 6.42 Å². The summed E-state index contributed by atoms with van der Waals surface area (Å²) < 4.78 is 13.6. The van der Waals surface area contributed by atoms with E-state index in [9.17, 15) is 9.18 Å². The summed E-state index contributed by atoms with van der Waals surface area (Å²) in [5, 5.41) is 0.896. The first-order valence-corrected chi connectivity index (χ1v) is 6.46. The molecule has 0 amide bonds. The van der Waals surface area contributed by atoms with Crippen LogP contribution in [0.25, 0.3) is 0 Å². The molecule has 0 fully saturated rings. The third-order valence-electron chi connectivity index (χ3n) is 2.86. The van der Waals surface area contributed by atoms with E-state index in [1.807, 2.05) is 6.92 Å². The minimum Gasteiger partial charge on any atom is -0.294 e. The molecular weight excluding hydrogens is 286 g/mol. The van der Waals surface area contributed by atoms with Crippen molar-refractivity contribution in [3.05, 3.63) is 69.0 Å². The van der Waals surface area contributed by atoms with Gasteiger partial charge >= 0.3 is 0 Å². The van der Waals surface area contributed by atoms with E-state index in [4.69, 9.17) is 23.2 Å². The van der Waals surface area contributed by atoms with Gasteiger partial charge in [0.25, 0.3) is 0 Å². The van der Waals surface area contributed by atoms with Crippen LogP contribution in [0.1, 0.15) is 21.5 Å². The number of aryl methyl sites for hydroxylation is 1. The molecule has 0 aliphatic carbocycles. The van der Waals surface area contributed by atoms with Crippen molar-refractivity contribution in [3.8, 4) is 0 Å². The molecule has 0 unspecified atom stereocenters. The molecule has 98 valence electrons. The van der Waals surface area contributed by atoms with Gasteiger partial charge in [-0.3, -0.25) is 4.79 Å². The number of Topliss-reactive ketones (excluding diaryl/α,β-unsaturated/α-hetero) is 1. The molecule has 2 aromatic rings. The van der Waals surface area contributed by atoms with E-state index in [0.29, 0.717) is 15.6 Å². The van der Waals surface area contributed by atoms with Crippen LogP contribution in [0.2, 0.25) is 10.0 Å². The summed E-state index contributed by atoms with van der Waals surface area (Å²) in [4.78, 5) is 12.2. The number of carbonyl (C=O) groups is 1. The number of benzene rings is 2. The Morgan fingerprint density at radius 3 is 2.47 bits per heavy atom. The topological polar surface area (TPSA) is 17.1 Å². The molecule has 0 aliphatic rings. The van der Waals surface area contributed by atoms with Crippen molar-refractivity contribution in [1.82, 2.24) is 0 Å². The molecule has 0 bridgehead atoms. The van der Waals surface area contributed by atoms with Crippen LogP contribution in [0.5, 0.6) is 0 Å². The molecule has 0 aliphatic heterocycles. The molecule has 0 spiro atoms. The summed E-state index contributed by atoms with van der Waals surface area (Å²) >= 11 is 11.7. The Bertz CT molecular complexity index is 638. The minimum atomic E-state index is -0.433. The zero-order chi connectivity index (χ0) is 14.0. The number of hydrogen-bond donors (Lipinski definition) is 0. The highest BCUT2D eigenvalue weighted by Crippen LogP contribution is 2.20. The van der Waals surface area contributed by atoms with E-state index in [-0.39, 0.29) is 17.8 Å². The molecule has 2 aromatic carbocycles. The number of ketones is 1. The molecule has 0 saturated heterocycles. The molecule has 0 heterocycles. The molecule has 4 heteroatoms. The van der Waals surface area contributed by atoms with Crippen molar-refractivity contribution in [3.63, 3.8) is 0 Å². The maximum atomic E-state index is 13.6. The highest BCUT2D eigenvalue weighted by molar-refractivity contribution is 6.31. The highest BCUT2D eigenvalue weighted by atomic mass is 35.5. The summed E-state index contributed by atoms with van der Waals surface area (Å²) in [6.45, 7) is 1.82. The summed E-state index contributed by atoms with van der Waals surface area (Å²) in [5.74, 6) is -0.612. The zero-order valence-electron chi connectivity index (χ0n) is 10.2. The first-order chi connectivity index (χ1) is 8.97. The number of carbonyl (C=O) groups excluding carboxylic acids is 1. The molecule has 2 rings (SSSR count). The van der Waals surface area contributed by atoms with E-state index in [2.05, 4.69) is 0 Å². The van der Waals surface area contributed by atoms with Gasteiger partial charge in [0.05, 0.1) is 0 Å². The predicted octanol–water partition coefficient (Wildman–Crippen LogP) is 4.87. The number of halogens is 3. The molecule has 0 radical (unpaired) electrons. The molecule has 1 nitrogen and oxygen atoms in total. The lowest BCUT2D eigenvalue weighted by molar-refractivity contribution is 0.0991. The maximum absolute atomic E-state index is 13.6. The third kappa shape index (κ3) is 3.34. The average molecular weight is 297 g/mol. The lowest BCUT2D eigenvalue weighted by atomic mass is 9.99. The van der Waals surface area contributed by atoms with E-state index in [1.54, 1.807) is 18.2 Å². The summed E-state index contributed by atoms with van der Waals surface area (Å²) in [5.41, 5.74) is 1.61. The zero-order valence-corrected chi connectivity index (χ0v) is 11.7. The van der Waals surface area contributed by atoms with Crippen molar-refractivity contribution in [2.45, 2.75) is 13.3 Å². The van der Waals surface area contributed by atoms with Crippen LogP contribution in [-0.4, -0.2) is 5.78 Å². The third-order valence-corrected chi connectivity index (χ3v) is 3.33.